The Morgan fingerprint density at radius 2 is 2.10 bits per heavy atom. The van der Waals surface area contributed by atoms with Gasteiger partial charge in [-0.1, -0.05) is 5.16 Å². The van der Waals surface area contributed by atoms with Crippen molar-refractivity contribution in [1.82, 2.24) is 25.0 Å². The van der Waals surface area contributed by atoms with Gasteiger partial charge < -0.3 is 19.1 Å². The summed E-state index contributed by atoms with van der Waals surface area (Å²) in [5.41, 5.74) is 2.80. The fourth-order valence-electron chi connectivity index (χ4n) is 3.62. The fraction of sp³-hybridized carbons (Fsp3) is 0.381. The van der Waals surface area contributed by atoms with E-state index < -0.39 is 0 Å². The lowest BCUT2D eigenvalue weighted by atomic mass is 10.0. The lowest BCUT2D eigenvalue weighted by Gasteiger charge is -2.26. The molecular weight excluding hydrogens is 384 g/mol. The first-order valence-corrected chi connectivity index (χ1v) is 9.77. The number of rotatable bonds is 5. The van der Waals surface area contributed by atoms with Gasteiger partial charge >= 0.3 is 0 Å². The van der Waals surface area contributed by atoms with Crippen LogP contribution in [0.15, 0.2) is 35.1 Å². The Labute approximate surface area is 174 Å². The highest BCUT2D eigenvalue weighted by atomic mass is 16.5. The van der Waals surface area contributed by atoms with Gasteiger partial charge in [0.1, 0.15) is 0 Å². The zero-order chi connectivity index (χ0) is 21.3. The van der Waals surface area contributed by atoms with Gasteiger partial charge in [-0.05, 0) is 25.8 Å². The predicted molar refractivity (Wildman–Crippen MR) is 110 cm³/mol. The van der Waals surface area contributed by atoms with E-state index in [1.54, 1.807) is 31.6 Å². The lowest BCUT2D eigenvalue weighted by molar-refractivity contribution is 0.0732. The molecule has 1 saturated heterocycles. The van der Waals surface area contributed by atoms with Gasteiger partial charge in [-0.25, -0.2) is 15.0 Å². The Kier molecular flexibility index (Phi) is 5.35. The van der Waals surface area contributed by atoms with Gasteiger partial charge in [0.2, 0.25) is 11.8 Å². The molecule has 1 aliphatic heterocycles. The van der Waals surface area contributed by atoms with Crippen LogP contribution < -0.4 is 9.64 Å². The Morgan fingerprint density at radius 1 is 1.27 bits per heavy atom. The molecule has 0 aliphatic carbocycles. The van der Waals surface area contributed by atoms with Crippen molar-refractivity contribution < 1.29 is 14.1 Å². The molecule has 4 rings (SSSR count). The molecule has 0 radical (unpaired) electrons. The summed E-state index contributed by atoms with van der Waals surface area (Å²) < 4.78 is 10.6. The summed E-state index contributed by atoms with van der Waals surface area (Å²) in [7, 11) is 5.32. The van der Waals surface area contributed by atoms with Gasteiger partial charge in [-0.3, -0.25) is 4.79 Å². The van der Waals surface area contributed by atoms with E-state index in [0.717, 1.165) is 29.8 Å². The summed E-state index contributed by atoms with van der Waals surface area (Å²) in [6.45, 7) is 2.51. The Morgan fingerprint density at radius 3 is 2.73 bits per heavy atom. The van der Waals surface area contributed by atoms with E-state index in [4.69, 9.17) is 14.2 Å². The number of amides is 1. The molecule has 0 aromatic carbocycles. The summed E-state index contributed by atoms with van der Waals surface area (Å²) in [6.07, 6.45) is 4.98. The smallest absolute Gasteiger partial charge is 0.255 e. The van der Waals surface area contributed by atoms with Crippen LogP contribution >= 0.6 is 0 Å². The second-order valence-corrected chi connectivity index (χ2v) is 7.44. The highest BCUT2D eigenvalue weighted by molar-refractivity contribution is 5.94. The maximum absolute atomic E-state index is 13.3. The highest BCUT2D eigenvalue weighted by Crippen LogP contribution is 2.38. The first-order valence-electron chi connectivity index (χ1n) is 9.77. The van der Waals surface area contributed by atoms with Crippen LogP contribution in [0.4, 0.5) is 5.95 Å². The molecule has 3 aromatic rings. The monoisotopic (exact) mass is 408 g/mol. The minimum absolute atomic E-state index is 0.0858. The number of aryl methyl sites for hydroxylation is 1. The summed E-state index contributed by atoms with van der Waals surface area (Å²) in [5, 5.41) is 3.99. The number of pyridine rings is 1. The maximum atomic E-state index is 13.3. The molecule has 4 heterocycles. The van der Waals surface area contributed by atoms with E-state index in [9.17, 15) is 4.79 Å². The van der Waals surface area contributed by atoms with Crippen molar-refractivity contribution in [2.45, 2.75) is 25.8 Å². The van der Waals surface area contributed by atoms with E-state index in [0.29, 0.717) is 29.7 Å². The molecule has 1 atom stereocenters. The quantitative estimate of drug-likeness (QED) is 0.636. The van der Waals surface area contributed by atoms with Gasteiger partial charge in [0.05, 0.1) is 35.7 Å². The predicted octanol–water partition coefficient (Wildman–Crippen LogP) is 2.89. The average Bonchev–Trinajstić information content (AvgIpc) is 3.42. The highest BCUT2D eigenvalue weighted by Gasteiger charge is 2.34. The van der Waals surface area contributed by atoms with E-state index in [1.807, 2.05) is 36.9 Å². The maximum Gasteiger partial charge on any atom is 0.255 e. The first kappa shape index (κ1) is 19.8. The molecular formula is C21H24N6O3. The van der Waals surface area contributed by atoms with E-state index >= 15 is 0 Å². The molecule has 1 unspecified atom stereocenters. The summed E-state index contributed by atoms with van der Waals surface area (Å²) in [5.74, 6) is 1.56. The molecule has 0 spiro atoms. The second kappa shape index (κ2) is 8.10. The Bertz CT molecular complexity index is 1050. The summed E-state index contributed by atoms with van der Waals surface area (Å²) >= 11 is 0. The number of aromatic nitrogens is 4. The summed E-state index contributed by atoms with van der Waals surface area (Å²) in [4.78, 5) is 30.3. The number of anilines is 1. The normalized spacial score (nSPS) is 16.0. The van der Waals surface area contributed by atoms with Crippen LogP contribution in [0.3, 0.4) is 0 Å². The van der Waals surface area contributed by atoms with Gasteiger partial charge in [0.15, 0.2) is 5.76 Å². The Hall–Kier alpha value is -3.49. The zero-order valence-electron chi connectivity index (χ0n) is 17.5. The van der Waals surface area contributed by atoms with E-state index in [1.165, 1.54) is 0 Å². The Balaban J connectivity index is 1.73. The van der Waals surface area contributed by atoms with Crippen molar-refractivity contribution in [1.29, 1.82) is 0 Å². The molecule has 0 bridgehead atoms. The molecule has 9 heteroatoms. The number of methoxy groups -OCH3 is 1. The van der Waals surface area contributed by atoms with Crippen LogP contribution in [-0.4, -0.2) is 58.7 Å². The van der Waals surface area contributed by atoms with Crippen LogP contribution in [0.5, 0.6) is 5.88 Å². The molecule has 9 nitrogen and oxygen atoms in total. The second-order valence-electron chi connectivity index (χ2n) is 7.44. The minimum atomic E-state index is -0.193. The fourth-order valence-corrected chi connectivity index (χ4v) is 3.62. The van der Waals surface area contributed by atoms with E-state index in [-0.39, 0.29) is 11.9 Å². The molecule has 30 heavy (non-hydrogen) atoms. The summed E-state index contributed by atoms with van der Waals surface area (Å²) in [6, 6.07) is 5.08. The topological polar surface area (TPSA) is 97.5 Å². The molecule has 156 valence electrons. The third-order valence-corrected chi connectivity index (χ3v) is 5.12. The number of likely N-dealkylation sites (tertiary alicyclic amines) is 1. The van der Waals surface area contributed by atoms with Crippen LogP contribution in [-0.2, 0) is 0 Å². The van der Waals surface area contributed by atoms with Crippen molar-refractivity contribution in [2.24, 2.45) is 0 Å². The van der Waals surface area contributed by atoms with Gasteiger partial charge in [-0.15, -0.1) is 0 Å². The standard InChI is InChI=1S/C21H24N6O3/c1-13-10-17(30-25-13)15-12-23-21(26(2)3)24-19(15)16-6-5-9-27(16)20(28)14-7-8-18(29-4)22-11-14/h7-8,10-12,16H,5-6,9H2,1-4H3. The molecule has 1 amide bonds. The number of carbonyl (C=O) groups excluding carboxylic acids is 1. The van der Waals surface area contributed by atoms with Crippen molar-refractivity contribution in [3.63, 3.8) is 0 Å². The number of ether oxygens (including phenoxy) is 1. The molecule has 3 aromatic heterocycles. The largest absolute Gasteiger partial charge is 0.481 e. The average molecular weight is 408 g/mol. The van der Waals surface area contributed by atoms with Gasteiger partial charge in [0.25, 0.3) is 5.91 Å². The molecule has 0 N–H and O–H groups in total. The van der Waals surface area contributed by atoms with Crippen LogP contribution in [0.1, 0.15) is 40.6 Å². The van der Waals surface area contributed by atoms with Gasteiger partial charge in [0, 0.05) is 45.2 Å². The number of hydrogen-bond acceptors (Lipinski definition) is 8. The molecule has 1 aliphatic rings. The van der Waals surface area contributed by atoms with Crippen molar-refractivity contribution >= 4 is 11.9 Å². The third-order valence-electron chi connectivity index (χ3n) is 5.12. The van der Waals surface area contributed by atoms with Crippen molar-refractivity contribution in [3.05, 3.63) is 47.5 Å². The van der Waals surface area contributed by atoms with Crippen LogP contribution in [0, 0.1) is 6.92 Å². The van der Waals surface area contributed by atoms with E-state index in [2.05, 4.69) is 15.1 Å². The SMILES string of the molecule is COc1ccc(C(=O)N2CCCC2c2nc(N(C)C)ncc2-c2cc(C)no2)cn1. The number of carbonyl (C=O) groups is 1. The number of nitrogens with zero attached hydrogens (tertiary/aromatic N) is 6. The molecule has 1 fully saturated rings. The zero-order valence-corrected chi connectivity index (χ0v) is 17.5. The lowest BCUT2D eigenvalue weighted by Crippen LogP contribution is -2.31. The third kappa shape index (κ3) is 3.70. The molecule has 0 saturated carbocycles. The van der Waals surface area contributed by atoms with Crippen LogP contribution in [0.25, 0.3) is 11.3 Å². The van der Waals surface area contributed by atoms with Gasteiger partial charge in [-0.2, -0.15) is 0 Å². The van der Waals surface area contributed by atoms with Crippen LogP contribution in [0.2, 0.25) is 0 Å². The van der Waals surface area contributed by atoms with Crippen molar-refractivity contribution in [2.75, 3.05) is 32.6 Å². The number of hydrogen-bond donors (Lipinski definition) is 0. The minimum Gasteiger partial charge on any atom is -0.481 e. The van der Waals surface area contributed by atoms with Crippen molar-refractivity contribution in [3.8, 4) is 17.2 Å². The first-order chi connectivity index (χ1) is 14.5.